The largest absolute Gasteiger partial charge is 0.358 e. The van der Waals surface area contributed by atoms with Crippen molar-refractivity contribution < 1.29 is 17.9 Å². The Morgan fingerprint density at radius 2 is 1.94 bits per heavy atom. The van der Waals surface area contributed by atoms with Gasteiger partial charge in [-0.1, -0.05) is 0 Å². The Hall–Kier alpha value is -0.860. The van der Waals surface area contributed by atoms with E-state index in [4.69, 9.17) is 4.74 Å². The van der Waals surface area contributed by atoms with E-state index in [-0.39, 0.29) is 12.3 Å². The average molecular weight is 277 g/mol. The Balaban J connectivity index is 1.80. The van der Waals surface area contributed by atoms with Crippen molar-refractivity contribution in [2.75, 3.05) is 39.0 Å². The van der Waals surface area contributed by atoms with Gasteiger partial charge in [-0.05, 0) is 12.8 Å². The molecule has 104 valence electrons. The molecule has 2 aliphatic rings. The molecule has 0 radical (unpaired) electrons. The minimum atomic E-state index is -3.15. The zero-order chi connectivity index (χ0) is 13.2. The second kappa shape index (κ2) is 5.41. The molecule has 0 aromatic carbocycles. The second-order valence-corrected chi connectivity index (χ2v) is 6.58. The van der Waals surface area contributed by atoms with Crippen LogP contribution in [0.2, 0.25) is 0 Å². The molecule has 2 aliphatic heterocycles. The fourth-order valence-electron chi connectivity index (χ4n) is 2.14. The quantitative estimate of drug-likeness (QED) is 0.732. The smallest absolute Gasteiger partial charge is 0.319 e. The van der Waals surface area contributed by atoms with Gasteiger partial charge in [0.25, 0.3) is 0 Å². The van der Waals surface area contributed by atoms with Gasteiger partial charge in [0, 0.05) is 32.8 Å². The number of piperazine rings is 1. The van der Waals surface area contributed by atoms with Crippen LogP contribution in [-0.2, 0) is 14.8 Å². The molecular weight excluding hydrogens is 258 g/mol. The Kier molecular flexibility index (Phi) is 4.08. The summed E-state index contributed by atoms with van der Waals surface area (Å²) in [5.41, 5.74) is 0. The Morgan fingerprint density at radius 3 is 2.44 bits per heavy atom. The third-order valence-electron chi connectivity index (χ3n) is 3.21. The lowest BCUT2D eigenvalue weighted by Gasteiger charge is -2.33. The third-order valence-corrected chi connectivity index (χ3v) is 4.51. The molecule has 2 heterocycles. The molecule has 0 aromatic heterocycles. The van der Waals surface area contributed by atoms with E-state index < -0.39 is 10.0 Å². The highest BCUT2D eigenvalue weighted by Gasteiger charge is 2.27. The highest BCUT2D eigenvalue weighted by molar-refractivity contribution is 7.88. The van der Waals surface area contributed by atoms with Crippen LogP contribution < -0.4 is 5.32 Å². The SMILES string of the molecule is CS(=O)(=O)N1CCN(C(=O)NC2CCCO2)CC1. The van der Waals surface area contributed by atoms with Gasteiger partial charge in [0.05, 0.1) is 6.26 Å². The number of rotatable bonds is 2. The summed E-state index contributed by atoms with van der Waals surface area (Å²) in [6.45, 7) is 2.25. The van der Waals surface area contributed by atoms with Gasteiger partial charge in [-0.2, -0.15) is 4.31 Å². The lowest BCUT2D eigenvalue weighted by Crippen LogP contribution is -2.54. The minimum absolute atomic E-state index is 0.171. The molecule has 1 N–H and O–H groups in total. The summed E-state index contributed by atoms with van der Waals surface area (Å²) >= 11 is 0. The first-order valence-corrected chi connectivity index (χ1v) is 7.94. The highest BCUT2D eigenvalue weighted by atomic mass is 32.2. The van der Waals surface area contributed by atoms with Crippen LogP contribution in [0, 0.1) is 0 Å². The van der Waals surface area contributed by atoms with Crippen LogP contribution in [0.1, 0.15) is 12.8 Å². The molecule has 1 unspecified atom stereocenters. The monoisotopic (exact) mass is 277 g/mol. The van der Waals surface area contributed by atoms with E-state index in [2.05, 4.69) is 5.32 Å². The molecule has 1 atom stereocenters. The van der Waals surface area contributed by atoms with Gasteiger partial charge in [-0.3, -0.25) is 0 Å². The molecule has 0 bridgehead atoms. The van der Waals surface area contributed by atoms with Crippen LogP contribution in [0.15, 0.2) is 0 Å². The van der Waals surface area contributed by atoms with E-state index in [0.29, 0.717) is 32.8 Å². The number of ether oxygens (including phenoxy) is 1. The van der Waals surface area contributed by atoms with Crippen molar-refractivity contribution in [1.29, 1.82) is 0 Å². The summed E-state index contributed by atoms with van der Waals surface area (Å²) in [6, 6.07) is -0.171. The van der Waals surface area contributed by atoms with Crippen LogP contribution in [0.5, 0.6) is 0 Å². The Morgan fingerprint density at radius 1 is 1.28 bits per heavy atom. The standard InChI is InChI=1S/C10H19N3O4S/c1-18(15,16)13-6-4-12(5-7-13)10(14)11-9-3-2-8-17-9/h9H,2-8H2,1H3,(H,11,14). The molecule has 2 amide bonds. The average Bonchev–Trinajstić information content (AvgIpc) is 2.81. The minimum Gasteiger partial charge on any atom is -0.358 e. The van der Waals surface area contributed by atoms with E-state index in [0.717, 1.165) is 12.8 Å². The lowest BCUT2D eigenvalue weighted by atomic mass is 10.3. The first-order valence-electron chi connectivity index (χ1n) is 6.09. The van der Waals surface area contributed by atoms with Crippen molar-refractivity contribution in [2.45, 2.75) is 19.1 Å². The fraction of sp³-hybridized carbons (Fsp3) is 0.900. The molecule has 0 aliphatic carbocycles. The Bertz CT molecular complexity index is 397. The predicted octanol–water partition coefficient (Wildman–Crippen LogP) is -0.590. The van der Waals surface area contributed by atoms with Gasteiger partial charge in [0.2, 0.25) is 10.0 Å². The molecular formula is C10H19N3O4S. The third kappa shape index (κ3) is 3.33. The van der Waals surface area contributed by atoms with E-state index >= 15 is 0 Å². The number of amides is 2. The number of sulfonamides is 1. The van der Waals surface area contributed by atoms with Crippen molar-refractivity contribution in [1.82, 2.24) is 14.5 Å². The van der Waals surface area contributed by atoms with Crippen LogP contribution in [-0.4, -0.2) is 68.9 Å². The number of urea groups is 1. The number of hydrogen-bond donors (Lipinski definition) is 1. The van der Waals surface area contributed by atoms with Crippen LogP contribution in [0.25, 0.3) is 0 Å². The van der Waals surface area contributed by atoms with E-state index in [9.17, 15) is 13.2 Å². The molecule has 2 saturated heterocycles. The van der Waals surface area contributed by atoms with Crippen molar-refractivity contribution in [3.63, 3.8) is 0 Å². The summed E-state index contributed by atoms with van der Waals surface area (Å²) in [5.74, 6) is 0. The van der Waals surface area contributed by atoms with Gasteiger partial charge in [0.1, 0.15) is 6.23 Å². The maximum Gasteiger partial charge on any atom is 0.319 e. The Labute approximate surface area is 107 Å². The van der Waals surface area contributed by atoms with Crippen LogP contribution in [0.3, 0.4) is 0 Å². The number of hydrogen-bond acceptors (Lipinski definition) is 4. The van der Waals surface area contributed by atoms with Crippen molar-refractivity contribution in [2.24, 2.45) is 0 Å². The van der Waals surface area contributed by atoms with Crippen molar-refractivity contribution in [3.05, 3.63) is 0 Å². The molecule has 8 heteroatoms. The van der Waals surface area contributed by atoms with Crippen LogP contribution in [0.4, 0.5) is 4.79 Å². The van der Waals surface area contributed by atoms with E-state index in [1.165, 1.54) is 10.6 Å². The number of nitrogens with one attached hydrogen (secondary N) is 1. The molecule has 2 rings (SSSR count). The zero-order valence-electron chi connectivity index (χ0n) is 10.5. The molecule has 0 spiro atoms. The second-order valence-electron chi connectivity index (χ2n) is 4.60. The van der Waals surface area contributed by atoms with Gasteiger partial charge in [0.15, 0.2) is 0 Å². The van der Waals surface area contributed by atoms with Crippen LogP contribution >= 0.6 is 0 Å². The van der Waals surface area contributed by atoms with Gasteiger partial charge < -0.3 is 15.0 Å². The number of carbonyl (C=O) groups is 1. The number of carbonyl (C=O) groups excluding carboxylic acids is 1. The normalized spacial score (nSPS) is 26.3. The summed E-state index contributed by atoms with van der Waals surface area (Å²) < 4.78 is 29.4. The molecule has 18 heavy (non-hydrogen) atoms. The lowest BCUT2D eigenvalue weighted by molar-refractivity contribution is 0.0807. The highest BCUT2D eigenvalue weighted by Crippen LogP contribution is 2.11. The maximum atomic E-state index is 11.9. The fourth-order valence-corrected chi connectivity index (χ4v) is 2.97. The molecule has 7 nitrogen and oxygen atoms in total. The molecule has 0 saturated carbocycles. The summed E-state index contributed by atoms with van der Waals surface area (Å²) in [5, 5.41) is 2.80. The maximum absolute atomic E-state index is 11.9. The van der Waals surface area contributed by atoms with E-state index in [1.54, 1.807) is 4.90 Å². The first kappa shape index (κ1) is 13.6. The van der Waals surface area contributed by atoms with Crippen molar-refractivity contribution >= 4 is 16.1 Å². The number of nitrogens with zero attached hydrogens (tertiary/aromatic N) is 2. The molecule has 0 aromatic rings. The summed E-state index contributed by atoms with van der Waals surface area (Å²) in [4.78, 5) is 13.5. The predicted molar refractivity (Wildman–Crippen MR) is 65.5 cm³/mol. The first-order chi connectivity index (χ1) is 8.47. The van der Waals surface area contributed by atoms with Crippen molar-refractivity contribution in [3.8, 4) is 0 Å². The summed E-state index contributed by atoms with van der Waals surface area (Å²) in [7, 11) is -3.15. The van der Waals surface area contributed by atoms with E-state index in [1.807, 2.05) is 0 Å². The van der Waals surface area contributed by atoms with Gasteiger partial charge in [-0.15, -0.1) is 0 Å². The zero-order valence-corrected chi connectivity index (χ0v) is 11.3. The molecule has 2 fully saturated rings. The summed E-state index contributed by atoms with van der Waals surface area (Å²) in [6.07, 6.45) is 2.81. The van der Waals surface area contributed by atoms with Gasteiger partial charge >= 0.3 is 6.03 Å². The topological polar surface area (TPSA) is 79.0 Å². The van der Waals surface area contributed by atoms with Gasteiger partial charge in [-0.25, -0.2) is 13.2 Å².